The van der Waals surface area contributed by atoms with Gasteiger partial charge in [-0.15, -0.1) is 11.5 Å². The number of halogens is 1. The van der Waals surface area contributed by atoms with Gasteiger partial charge in [0.1, 0.15) is 5.75 Å². The van der Waals surface area contributed by atoms with E-state index in [9.17, 15) is 9.18 Å². The van der Waals surface area contributed by atoms with Crippen molar-refractivity contribution in [1.29, 1.82) is 0 Å². The van der Waals surface area contributed by atoms with Crippen molar-refractivity contribution >= 4 is 40.4 Å². The van der Waals surface area contributed by atoms with Crippen LogP contribution in [0.15, 0.2) is 22.2 Å². The average Bonchev–Trinajstić information content (AvgIpc) is 3.02. The Labute approximate surface area is 130 Å². The molecule has 0 spiro atoms. The number of rotatable bonds is 3. The third-order valence-electron chi connectivity index (χ3n) is 3.00. The summed E-state index contributed by atoms with van der Waals surface area (Å²) in [7, 11) is 0. The highest BCUT2D eigenvalue weighted by molar-refractivity contribution is 8.14. The Bertz CT molecular complexity index is 726. The number of aliphatic imine (C=N–C) groups is 1. The number of carbonyl (C=O) groups excluding carboxylic acids is 1. The molecule has 8 heteroatoms. The third-order valence-corrected chi connectivity index (χ3v) is 3.77. The largest absolute Gasteiger partial charge is 0.481 e. The van der Waals surface area contributed by atoms with E-state index in [0.717, 1.165) is 5.75 Å². The van der Waals surface area contributed by atoms with Crippen LogP contribution in [0.2, 0.25) is 0 Å². The maximum absolute atomic E-state index is 14.1. The van der Waals surface area contributed by atoms with Crippen LogP contribution < -0.4 is 15.1 Å². The van der Waals surface area contributed by atoms with Gasteiger partial charge in [0.05, 0.1) is 17.9 Å². The van der Waals surface area contributed by atoms with Crippen molar-refractivity contribution in [2.45, 2.75) is 0 Å². The number of fused-ring (bicyclic) bond motifs is 1. The molecule has 0 bridgehead atoms. The van der Waals surface area contributed by atoms with E-state index in [1.165, 1.54) is 28.8 Å². The summed E-state index contributed by atoms with van der Waals surface area (Å²) in [5.41, 5.74) is 3.15. The second-order valence-electron chi connectivity index (χ2n) is 4.40. The van der Waals surface area contributed by atoms with Crippen LogP contribution in [0, 0.1) is 18.2 Å². The van der Waals surface area contributed by atoms with Crippen LogP contribution >= 0.6 is 11.8 Å². The van der Waals surface area contributed by atoms with Gasteiger partial charge in [-0.1, -0.05) is 17.7 Å². The molecule has 0 saturated carbocycles. The number of nitrogens with one attached hydrogen (secondary N) is 1. The van der Waals surface area contributed by atoms with Crippen LogP contribution in [0.25, 0.3) is 0 Å². The van der Waals surface area contributed by atoms with E-state index in [4.69, 9.17) is 11.2 Å². The number of hydrogen-bond acceptors (Lipinski definition) is 5. The van der Waals surface area contributed by atoms with Crippen molar-refractivity contribution in [3.8, 4) is 18.1 Å². The Balaban J connectivity index is 1.92. The first-order chi connectivity index (χ1) is 10.7. The number of amidine groups is 1. The number of amides is 1. The minimum atomic E-state index is -0.537. The van der Waals surface area contributed by atoms with Crippen LogP contribution in [0.5, 0.6) is 5.75 Å². The number of nitrogens with zero attached hydrogens (tertiary/aromatic N) is 3. The van der Waals surface area contributed by atoms with Gasteiger partial charge in [0.15, 0.2) is 12.4 Å². The maximum Gasteiger partial charge on any atom is 0.265 e. The first-order valence-corrected chi connectivity index (χ1v) is 7.37. The van der Waals surface area contributed by atoms with Gasteiger partial charge in [0.25, 0.3) is 5.91 Å². The fraction of sp³-hybridized carbons (Fsp3) is 0.214. The van der Waals surface area contributed by atoms with Gasteiger partial charge < -0.3 is 4.74 Å². The van der Waals surface area contributed by atoms with Crippen LogP contribution in [0.4, 0.5) is 15.8 Å². The fourth-order valence-electron chi connectivity index (χ4n) is 2.01. The van der Waals surface area contributed by atoms with Gasteiger partial charge >= 0.3 is 0 Å². The van der Waals surface area contributed by atoms with E-state index in [1.807, 2.05) is 0 Å². The van der Waals surface area contributed by atoms with Crippen molar-refractivity contribution in [2.75, 3.05) is 29.2 Å². The molecule has 2 heterocycles. The molecule has 22 heavy (non-hydrogen) atoms. The number of benzene rings is 1. The first kappa shape index (κ1) is 14.4. The van der Waals surface area contributed by atoms with Crippen molar-refractivity contribution < 1.29 is 13.9 Å². The monoisotopic (exact) mass is 318 g/mol. The minimum Gasteiger partial charge on any atom is -0.481 e. The number of hydrazone groups is 1. The number of carbonyl (C=O) groups is 1. The molecule has 1 aromatic carbocycles. The first-order valence-electron chi connectivity index (χ1n) is 6.38. The molecular formula is C14H11FN4O2S. The summed E-state index contributed by atoms with van der Waals surface area (Å²) in [6.07, 6.45) is 6.99. The van der Waals surface area contributed by atoms with E-state index >= 15 is 0 Å². The van der Waals surface area contributed by atoms with E-state index in [1.54, 1.807) is 6.21 Å². The quantitative estimate of drug-likeness (QED) is 0.680. The van der Waals surface area contributed by atoms with Gasteiger partial charge in [-0.05, 0) is 6.07 Å². The van der Waals surface area contributed by atoms with Crippen molar-refractivity contribution in [3.63, 3.8) is 0 Å². The SMILES string of the molecule is C#CCN1C(=O)COc2cc(F)c(NN=C3N=CCS3)cc21. The molecule has 3 rings (SSSR count). The number of thioether (sulfide) groups is 1. The van der Waals surface area contributed by atoms with Gasteiger partial charge in [-0.3, -0.25) is 15.1 Å². The second kappa shape index (κ2) is 6.07. The molecule has 1 aromatic rings. The highest BCUT2D eigenvalue weighted by atomic mass is 32.2. The zero-order valence-electron chi connectivity index (χ0n) is 11.4. The standard InChI is InChI=1S/C14H11FN4O2S/c1-2-4-19-11-7-10(17-18-14-16-3-5-22-14)9(15)6-12(11)21-8-13(19)20/h1,3,6-7,17H,4-5,8H2. The highest BCUT2D eigenvalue weighted by Crippen LogP contribution is 2.36. The Morgan fingerprint density at radius 2 is 2.45 bits per heavy atom. The summed E-state index contributed by atoms with van der Waals surface area (Å²) in [5.74, 6) is 2.61. The summed E-state index contributed by atoms with van der Waals surface area (Å²) < 4.78 is 19.3. The Hall–Kier alpha value is -2.53. The predicted octanol–water partition coefficient (Wildman–Crippen LogP) is 1.68. The van der Waals surface area contributed by atoms with E-state index in [-0.39, 0.29) is 30.5 Å². The molecule has 0 aliphatic carbocycles. The molecule has 0 unspecified atom stereocenters. The molecule has 1 amide bonds. The normalized spacial score (nSPS) is 18.1. The van der Waals surface area contributed by atoms with E-state index in [2.05, 4.69) is 21.4 Å². The lowest BCUT2D eigenvalue weighted by atomic mass is 10.2. The predicted molar refractivity (Wildman–Crippen MR) is 85.1 cm³/mol. The Kier molecular flexibility index (Phi) is 3.98. The second-order valence-corrected chi connectivity index (χ2v) is 5.39. The summed E-state index contributed by atoms with van der Waals surface area (Å²) >= 11 is 1.43. The molecule has 0 radical (unpaired) electrons. The molecule has 2 aliphatic rings. The molecule has 112 valence electrons. The average molecular weight is 318 g/mol. The van der Waals surface area contributed by atoms with Gasteiger partial charge in [0.2, 0.25) is 5.17 Å². The summed E-state index contributed by atoms with van der Waals surface area (Å²) in [6, 6.07) is 2.66. The van der Waals surface area contributed by atoms with Gasteiger partial charge in [-0.25, -0.2) is 9.38 Å². The zero-order valence-corrected chi connectivity index (χ0v) is 12.2. The fourth-order valence-corrected chi connectivity index (χ4v) is 2.56. The Morgan fingerprint density at radius 1 is 1.59 bits per heavy atom. The molecule has 1 N–H and O–H groups in total. The summed E-state index contributed by atoms with van der Waals surface area (Å²) in [5, 5.41) is 4.52. The number of hydrogen-bond donors (Lipinski definition) is 1. The minimum absolute atomic E-state index is 0.0922. The summed E-state index contributed by atoms with van der Waals surface area (Å²) in [4.78, 5) is 17.2. The molecule has 0 aromatic heterocycles. The number of ether oxygens (including phenoxy) is 1. The van der Waals surface area contributed by atoms with Crippen LogP contribution in [0.3, 0.4) is 0 Å². The molecule has 0 atom stereocenters. The highest BCUT2D eigenvalue weighted by Gasteiger charge is 2.26. The van der Waals surface area contributed by atoms with Gasteiger partial charge in [-0.2, -0.15) is 0 Å². The lowest BCUT2D eigenvalue weighted by molar-refractivity contribution is -0.121. The Morgan fingerprint density at radius 3 is 3.18 bits per heavy atom. The molecule has 6 nitrogen and oxygen atoms in total. The van der Waals surface area contributed by atoms with Crippen LogP contribution in [-0.2, 0) is 4.79 Å². The van der Waals surface area contributed by atoms with Crippen molar-refractivity contribution in [3.05, 3.63) is 17.9 Å². The number of anilines is 2. The van der Waals surface area contributed by atoms with Crippen LogP contribution in [-0.4, -0.2) is 36.2 Å². The summed E-state index contributed by atoms with van der Waals surface area (Å²) in [6.45, 7) is -0.0660. The lowest BCUT2D eigenvalue weighted by Crippen LogP contribution is -2.39. The molecule has 2 aliphatic heterocycles. The third kappa shape index (κ3) is 2.76. The molecule has 0 saturated heterocycles. The molecule has 0 fully saturated rings. The van der Waals surface area contributed by atoms with Crippen LogP contribution in [0.1, 0.15) is 0 Å². The van der Waals surface area contributed by atoms with Crippen molar-refractivity contribution in [1.82, 2.24) is 0 Å². The lowest BCUT2D eigenvalue weighted by Gasteiger charge is -2.28. The van der Waals surface area contributed by atoms with E-state index < -0.39 is 5.82 Å². The molecular weight excluding hydrogens is 307 g/mol. The number of terminal acetylenes is 1. The van der Waals surface area contributed by atoms with Crippen molar-refractivity contribution in [2.24, 2.45) is 10.1 Å². The van der Waals surface area contributed by atoms with Gasteiger partial charge in [0, 0.05) is 18.0 Å². The smallest absolute Gasteiger partial charge is 0.265 e. The maximum atomic E-state index is 14.1. The van der Waals surface area contributed by atoms with E-state index in [0.29, 0.717) is 10.9 Å². The topological polar surface area (TPSA) is 66.3 Å². The zero-order chi connectivity index (χ0) is 15.5.